The van der Waals surface area contributed by atoms with Crippen LogP contribution in [0.15, 0.2) is 0 Å². The molecule has 1 rings (SSSR count). The summed E-state index contributed by atoms with van der Waals surface area (Å²) in [6.45, 7) is 6.44. The Morgan fingerprint density at radius 2 is 2.00 bits per heavy atom. The zero-order valence-corrected chi connectivity index (χ0v) is 13.0. The molecule has 0 unspecified atom stereocenters. The molecular formula is C14H23N3O4. The van der Waals surface area contributed by atoms with Gasteiger partial charge in [-0.3, -0.25) is 9.69 Å². The third-order valence-electron chi connectivity index (χ3n) is 3.47. The number of amides is 1. The highest BCUT2D eigenvalue weighted by Crippen LogP contribution is 2.31. The van der Waals surface area contributed by atoms with E-state index in [9.17, 15) is 9.59 Å². The second-order valence-corrected chi connectivity index (χ2v) is 6.46. The molecule has 0 aromatic carbocycles. The third-order valence-corrected chi connectivity index (χ3v) is 3.47. The Labute approximate surface area is 125 Å². The molecule has 1 amide bonds. The Hall–Kier alpha value is -1.81. The minimum Gasteiger partial charge on any atom is -0.481 e. The Morgan fingerprint density at radius 3 is 2.43 bits per heavy atom. The van der Waals surface area contributed by atoms with Crippen molar-refractivity contribution in [3.8, 4) is 6.07 Å². The molecule has 0 spiro atoms. The number of carboxylic acid groups (broad SMARTS) is 1. The van der Waals surface area contributed by atoms with E-state index in [0.29, 0.717) is 26.1 Å². The van der Waals surface area contributed by atoms with E-state index in [1.165, 1.54) is 4.90 Å². The molecule has 7 nitrogen and oxygen atoms in total. The van der Waals surface area contributed by atoms with Crippen LogP contribution in [0.3, 0.4) is 0 Å². The number of rotatable bonds is 5. The number of nitrogens with zero attached hydrogens (tertiary/aromatic N) is 3. The first-order valence-corrected chi connectivity index (χ1v) is 6.87. The fourth-order valence-corrected chi connectivity index (χ4v) is 2.34. The van der Waals surface area contributed by atoms with Crippen LogP contribution in [-0.2, 0) is 9.53 Å². The molecule has 0 saturated carbocycles. The van der Waals surface area contributed by atoms with Gasteiger partial charge in [0, 0.05) is 26.1 Å². The average Bonchev–Trinajstić information content (AvgIpc) is 2.27. The summed E-state index contributed by atoms with van der Waals surface area (Å²) in [7, 11) is 1.78. The normalized spacial score (nSPS) is 17.0. The van der Waals surface area contributed by atoms with E-state index in [0.717, 1.165) is 0 Å². The van der Waals surface area contributed by atoms with E-state index in [2.05, 4.69) is 0 Å². The van der Waals surface area contributed by atoms with Crippen LogP contribution in [0, 0.1) is 11.3 Å². The molecule has 1 heterocycles. The molecule has 1 aliphatic rings. The summed E-state index contributed by atoms with van der Waals surface area (Å²) in [5, 5.41) is 17.7. The molecule has 0 bridgehead atoms. The van der Waals surface area contributed by atoms with Gasteiger partial charge in [0.05, 0.1) is 18.0 Å². The smallest absolute Gasteiger partial charge is 0.410 e. The van der Waals surface area contributed by atoms with Gasteiger partial charge in [0.15, 0.2) is 0 Å². The summed E-state index contributed by atoms with van der Waals surface area (Å²) in [6, 6.07) is 2.04. The summed E-state index contributed by atoms with van der Waals surface area (Å²) >= 11 is 0. The highest BCUT2D eigenvalue weighted by atomic mass is 16.6. The largest absolute Gasteiger partial charge is 0.481 e. The Kier molecular flexibility index (Phi) is 5.18. The predicted molar refractivity (Wildman–Crippen MR) is 75.7 cm³/mol. The number of carboxylic acids is 1. The van der Waals surface area contributed by atoms with Gasteiger partial charge < -0.3 is 14.7 Å². The SMILES string of the molecule is CN(CCC#N)C1(CC(=O)O)CN(C(=O)OC(C)(C)C)C1. The number of hydrogen-bond donors (Lipinski definition) is 1. The Morgan fingerprint density at radius 1 is 1.43 bits per heavy atom. The van der Waals surface area contributed by atoms with Crippen LogP contribution < -0.4 is 0 Å². The number of likely N-dealkylation sites (tertiary alicyclic amines) is 1. The van der Waals surface area contributed by atoms with Crippen molar-refractivity contribution < 1.29 is 19.4 Å². The first kappa shape index (κ1) is 17.2. The van der Waals surface area contributed by atoms with Gasteiger partial charge in [0.25, 0.3) is 0 Å². The lowest BCUT2D eigenvalue weighted by Crippen LogP contribution is -2.71. The number of carbonyl (C=O) groups excluding carboxylic acids is 1. The first-order valence-electron chi connectivity index (χ1n) is 6.87. The number of likely N-dealkylation sites (N-methyl/N-ethyl adjacent to an activating group) is 1. The van der Waals surface area contributed by atoms with E-state index >= 15 is 0 Å². The Bertz CT molecular complexity index is 444. The molecule has 0 aliphatic carbocycles. The van der Waals surface area contributed by atoms with Crippen LogP contribution >= 0.6 is 0 Å². The molecule has 1 fully saturated rings. The lowest BCUT2D eigenvalue weighted by Gasteiger charge is -2.53. The monoisotopic (exact) mass is 297 g/mol. The van der Waals surface area contributed by atoms with Gasteiger partial charge in [0.1, 0.15) is 5.60 Å². The fraction of sp³-hybridized carbons (Fsp3) is 0.786. The zero-order valence-electron chi connectivity index (χ0n) is 13.0. The van der Waals surface area contributed by atoms with Crippen molar-refractivity contribution in [2.24, 2.45) is 0 Å². The number of ether oxygens (including phenoxy) is 1. The molecule has 1 N–H and O–H groups in total. The summed E-state index contributed by atoms with van der Waals surface area (Å²) in [4.78, 5) is 26.4. The highest BCUT2D eigenvalue weighted by molar-refractivity contribution is 5.73. The molecule has 0 aromatic rings. The standard InChI is InChI=1S/C14H23N3O4/c1-13(2,3)21-12(20)17-9-14(10-17,8-11(18)19)16(4)7-5-6-15/h5,7-10H2,1-4H3,(H,18,19). The van der Waals surface area contributed by atoms with Crippen LogP contribution in [-0.4, -0.2) is 64.8 Å². The minimum absolute atomic E-state index is 0.0613. The van der Waals surface area contributed by atoms with E-state index in [-0.39, 0.29) is 6.42 Å². The Balaban J connectivity index is 2.68. The van der Waals surface area contributed by atoms with Gasteiger partial charge in [0.2, 0.25) is 0 Å². The van der Waals surface area contributed by atoms with Crippen molar-refractivity contribution in [1.82, 2.24) is 9.80 Å². The van der Waals surface area contributed by atoms with Crippen molar-refractivity contribution in [1.29, 1.82) is 5.26 Å². The quantitative estimate of drug-likeness (QED) is 0.822. The van der Waals surface area contributed by atoms with Crippen molar-refractivity contribution in [2.75, 3.05) is 26.7 Å². The topological polar surface area (TPSA) is 93.9 Å². The van der Waals surface area contributed by atoms with Crippen molar-refractivity contribution in [3.05, 3.63) is 0 Å². The van der Waals surface area contributed by atoms with Gasteiger partial charge in [-0.2, -0.15) is 5.26 Å². The lowest BCUT2D eigenvalue weighted by atomic mass is 9.84. The number of hydrogen-bond acceptors (Lipinski definition) is 5. The highest BCUT2D eigenvalue weighted by Gasteiger charge is 2.50. The molecule has 1 saturated heterocycles. The molecule has 0 radical (unpaired) electrons. The molecule has 118 valence electrons. The minimum atomic E-state index is -0.914. The van der Waals surface area contributed by atoms with E-state index in [4.69, 9.17) is 15.1 Å². The molecule has 1 aliphatic heterocycles. The van der Waals surface area contributed by atoms with Crippen molar-refractivity contribution in [2.45, 2.75) is 44.8 Å². The average molecular weight is 297 g/mol. The second-order valence-electron chi connectivity index (χ2n) is 6.46. The van der Waals surface area contributed by atoms with Crippen LogP contribution in [0.5, 0.6) is 0 Å². The number of nitriles is 1. The van der Waals surface area contributed by atoms with Crippen LogP contribution in [0.2, 0.25) is 0 Å². The van der Waals surface area contributed by atoms with Crippen molar-refractivity contribution >= 4 is 12.1 Å². The summed E-state index contributed by atoms with van der Waals surface area (Å²) in [5.74, 6) is -0.914. The molecule has 7 heteroatoms. The van der Waals surface area contributed by atoms with Gasteiger partial charge in [-0.25, -0.2) is 4.79 Å². The van der Waals surface area contributed by atoms with E-state index < -0.39 is 23.2 Å². The third kappa shape index (κ3) is 4.60. The number of aliphatic carboxylic acids is 1. The summed E-state index contributed by atoms with van der Waals surface area (Å²) < 4.78 is 5.27. The fourth-order valence-electron chi connectivity index (χ4n) is 2.34. The maximum atomic E-state index is 11.9. The second kappa shape index (κ2) is 6.31. The van der Waals surface area contributed by atoms with Crippen LogP contribution in [0.25, 0.3) is 0 Å². The lowest BCUT2D eigenvalue weighted by molar-refractivity contribution is -0.145. The van der Waals surface area contributed by atoms with Gasteiger partial charge in [-0.1, -0.05) is 0 Å². The summed E-state index contributed by atoms with van der Waals surface area (Å²) in [5.41, 5.74) is -1.19. The summed E-state index contributed by atoms with van der Waals surface area (Å²) in [6.07, 6.45) is -0.171. The molecule has 0 aromatic heterocycles. The van der Waals surface area contributed by atoms with Gasteiger partial charge in [-0.05, 0) is 27.8 Å². The van der Waals surface area contributed by atoms with Gasteiger partial charge in [-0.15, -0.1) is 0 Å². The van der Waals surface area contributed by atoms with Gasteiger partial charge >= 0.3 is 12.1 Å². The molecular weight excluding hydrogens is 274 g/mol. The van der Waals surface area contributed by atoms with Crippen LogP contribution in [0.4, 0.5) is 4.79 Å². The maximum absolute atomic E-state index is 11.9. The first-order chi connectivity index (χ1) is 9.59. The number of carbonyl (C=O) groups is 2. The van der Waals surface area contributed by atoms with Crippen LogP contribution in [0.1, 0.15) is 33.6 Å². The van der Waals surface area contributed by atoms with E-state index in [1.54, 1.807) is 27.8 Å². The molecule has 21 heavy (non-hydrogen) atoms. The zero-order chi connectivity index (χ0) is 16.3. The molecule has 0 atom stereocenters. The van der Waals surface area contributed by atoms with E-state index in [1.807, 2.05) is 11.0 Å². The van der Waals surface area contributed by atoms with Crippen molar-refractivity contribution in [3.63, 3.8) is 0 Å². The predicted octanol–water partition coefficient (Wildman–Crippen LogP) is 1.30. The maximum Gasteiger partial charge on any atom is 0.410 e.